The van der Waals surface area contributed by atoms with Crippen LogP contribution >= 0.6 is 24.0 Å². The molecule has 0 atom stereocenters. The van der Waals surface area contributed by atoms with Gasteiger partial charge < -0.3 is 20.3 Å². The van der Waals surface area contributed by atoms with Gasteiger partial charge in [0.2, 0.25) is 0 Å². The van der Waals surface area contributed by atoms with E-state index in [1.807, 2.05) is 27.8 Å². The van der Waals surface area contributed by atoms with Gasteiger partial charge in [0.15, 0.2) is 5.96 Å². The highest BCUT2D eigenvalue weighted by molar-refractivity contribution is 14.0. The van der Waals surface area contributed by atoms with Gasteiger partial charge in [-0.3, -0.25) is 9.89 Å². The molecule has 140 valence electrons. The van der Waals surface area contributed by atoms with Crippen LogP contribution < -0.4 is 5.73 Å². The summed E-state index contributed by atoms with van der Waals surface area (Å²) in [6.45, 7) is 10.4. The van der Waals surface area contributed by atoms with Gasteiger partial charge in [-0.05, 0) is 33.6 Å². The molecule has 1 saturated heterocycles. The van der Waals surface area contributed by atoms with Crippen molar-refractivity contribution in [1.82, 2.24) is 14.7 Å². The van der Waals surface area contributed by atoms with Crippen LogP contribution in [0.3, 0.4) is 0 Å². The molecular weight excluding hydrogens is 421 g/mol. The third kappa shape index (κ3) is 7.00. The summed E-state index contributed by atoms with van der Waals surface area (Å²) in [6, 6.07) is 0.594. The minimum Gasteiger partial charge on any atom is -0.444 e. The lowest BCUT2D eigenvalue weighted by Crippen LogP contribution is -2.50. The first-order chi connectivity index (χ1) is 10.8. The van der Waals surface area contributed by atoms with Crippen molar-refractivity contribution in [1.29, 1.82) is 0 Å². The minimum atomic E-state index is -0.436. The third-order valence-electron chi connectivity index (χ3n) is 4.17. The van der Waals surface area contributed by atoms with Gasteiger partial charge in [-0.1, -0.05) is 0 Å². The van der Waals surface area contributed by atoms with E-state index in [1.165, 1.54) is 12.8 Å². The summed E-state index contributed by atoms with van der Waals surface area (Å²) in [6.07, 6.45) is 2.23. The number of piperazine rings is 1. The van der Waals surface area contributed by atoms with E-state index in [2.05, 4.69) is 14.8 Å². The molecule has 0 aromatic carbocycles. The zero-order valence-electron chi connectivity index (χ0n) is 15.3. The third-order valence-corrected chi connectivity index (χ3v) is 4.17. The molecule has 0 radical (unpaired) electrons. The number of amides is 1. The number of ether oxygens (including phenoxy) is 1. The van der Waals surface area contributed by atoms with E-state index in [9.17, 15) is 4.79 Å². The summed E-state index contributed by atoms with van der Waals surface area (Å²) in [5.74, 6) is 0.639. The fourth-order valence-corrected chi connectivity index (χ4v) is 2.55. The number of halogens is 1. The zero-order valence-corrected chi connectivity index (χ0v) is 17.7. The van der Waals surface area contributed by atoms with Gasteiger partial charge in [-0.2, -0.15) is 0 Å². The second kappa shape index (κ2) is 9.07. The summed E-state index contributed by atoms with van der Waals surface area (Å²) >= 11 is 0. The Morgan fingerprint density at radius 2 is 1.83 bits per heavy atom. The van der Waals surface area contributed by atoms with E-state index in [-0.39, 0.29) is 30.1 Å². The molecule has 1 aliphatic carbocycles. The second-order valence-corrected chi connectivity index (χ2v) is 7.39. The highest BCUT2D eigenvalue weighted by Crippen LogP contribution is 2.24. The predicted octanol–water partition coefficient (Wildman–Crippen LogP) is 1.57. The van der Waals surface area contributed by atoms with Crippen molar-refractivity contribution >= 4 is 36.0 Å². The molecule has 7 nitrogen and oxygen atoms in total. The Morgan fingerprint density at radius 3 is 2.33 bits per heavy atom. The summed E-state index contributed by atoms with van der Waals surface area (Å²) in [5, 5.41) is 0. The van der Waals surface area contributed by atoms with Crippen LogP contribution in [0.2, 0.25) is 0 Å². The SMILES string of the molecule is CN(C(N)=NCCN1CCN(C(=O)OC(C)(C)C)CC1)C1CC1.I. The van der Waals surface area contributed by atoms with Gasteiger partial charge in [0, 0.05) is 45.8 Å². The minimum absolute atomic E-state index is 0. The maximum Gasteiger partial charge on any atom is 0.410 e. The Bertz CT molecular complexity index is 440. The normalized spacial score (nSPS) is 19.7. The molecule has 0 bridgehead atoms. The molecule has 0 aromatic rings. The maximum atomic E-state index is 12.0. The quantitative estimate of drug-likeness (QED) is 0.398. The predicted molar refractivity (Wildman–Crippen MR) is 107 cm³/mol. The van der Waals surface area contributed by atoms with Crippen LogP contribution in [0.1, 0.15) is 33.6 Å². The Hall–Kier alpha value is -0.770. The number of nitrogens with zero attached hydrogens (tertiary/aromatic N) is 4. The average Bonchev–Trinajstić information content (AvgIpc) is 3.29. The molecule has 2 aliphatic rings. The molecule has 1 heterocycles. The van der Waals surface area contributed by atoms with E-state index in [1.54, 1.807) is 4.90 Å². The average molecular weight is 453 g/mol. The number of guanidine groups is 1. The Labute approximate surface area is 162 Å². The molecule has 24 heavy (non-hydrogen) atoms. The first-order valence-corrected chi connectivity index (χ1v) is 8.49. The topological polar surface area (TPSA) is 74.4 Å². The van der Waals surface area contributed by atoms with E-state index < -0.39 is 5.60 Å². The van der Waals surface area contributed by atoms with Gasteiger partial charge in [0.05, 0.1) is 6.54 Å². The molecule has 2 N–H and O–H groups in total. The van der Waals surface area contributed by atoms with Crippen LogP contribution in [-0.2, 0) is 4.74 Å². The van der Waals surface area contributed by atoms with Crippen molar-refractivity contribution in [3.63, 3.8) is 0 Å². The van der Waals surface area contributed by atoms with Crippen LogP contribution in [0.25, 0.3) is 0 Å². The molecular formula is C16H32IN5O2. The summed E-state index contributed by atoms with van der Waals surface area (Å²) < 4.78 is 5.40. The van der Waals surface area contributed by atoms with Gasteiger partial charge in [-0.15, -0.1) is 24.0 Å². The van der Waals surface area contributed by atoms with E-state index in [4.69, 9.17) is 10.5 Å². The zero-order chi connectivity index (χ0) is 17.0. The van der Waals surface area contributed by atoms with Crippen LogP contribution in [0.5, 0.6) is 0 Å². The Kier molecular flexibility index (Phi) is 8.04. The van der Waals surface area contributed by atoms with E-state index >= 15 is 0 Å². The highest BCUT2D eigenvalue weighted by atomic mass is 127. The van der Waals surface area contributed by atoms with Crippen LogP contribution in [-0.4, -0.2) is 84.7 Å². The largest absolute Gasteiger partial charge is 0.444 e. The number of aliphatic imine (C=N–C) groups is 1. The maximum absolute atomic E-state index is 12.0. The van der Waals surface area contributed by atoms with Crippen molar-refractivity contribution in [2.75, 3.05) is 46.3 Å². The first kappa shape index (κ1) is 21.3. The Balaban J connectivity index is 0.00000288. The van der Waals surface area contributed by atoms with Crippen LogP contribution in [0.15, 0.2) is 4.99 Å². The van der Waals surface area contributed by atoms with Crippen molar-refractivity contribution in [3.05, 3.63) is 0 Å². The standard InChI is InChI=1S/C16H31N5O2.HI/c1-16(2,3)23-15(22)21-11-9-20(10-12-21)8-7-18-14(17)19(4)13-5-6-13;/h13H,5-12H2,1-4H3,(H2,17,18);1H. The molecule has 0 spiro atoms. The second-order valence-electron chi connectivity index (χ2n) is 7.39. The lowest BCUT2D eigenvalue weighted by molar-refractivity contribution is 0.0148. The number of carbonyl (C=O) groups excluding carboxylic acids is 1. The molecule has 2 fully saturated rings. The van der Waals surface area contributed by atoms with E-state index in [0.29, 0.717) is 31.6 Å². The number of carbonyl (C=O) groups is 1. The number of hydrogen-bond acceptors (Lipinski definition) is 4. The van der Waals surface area contributed by atoms with Gasteiger partial charge >= 0.3 is 6.09 Å². The smallest absolute Gasteiger partial charge is 0.410 e. The monoisotopic (exact) mass is 453 g/mol. The van der Waals surface area contributed by atoms with Gasteiger partial charge in [0.25, 0.3) is 0 Å². The molecule has 1 aliphatic heterocycles. The van der Waals surface area contributed by atoms with Crippen molar-refractivity contribution < 1.29 is 9.53 Å². The molecule has 1 saturated carbocycles. The molecule has 8 heteroatoms. The molecule has 2 rings (SSSR count). The first-order valence-electron chi connectivity index (χ1n) is 8.49. The molecule has 0 unspecified atom stereocenters. The fourth-order valence-electron chi connectivity index (χ4n) is 2.55. The lowest BCUT2D eigenvalue weighted by atomic mass is 10.2. The van der Waals surface area contributed by atoms with Crippen molar-refractivity contribution in [2.24, 2.45) is 10.7 Å². The van der Waals surface area contributed by atoms with Crippen LogP contribution in [0, 0.1) is 0 Å². The number of rotatable bonds is 4. The molecule has 0 aromatic heterocycles. The summed E-state index contributed by atoms with van der Waals surface area (Å²) in [5.41, 5.74) is 5.55. The van der Waals surface area contributed by atoms with E-state index in [0.717, 1.165) is 19.6 Å². The van der Waals surface area contributed by atoms with Gasteiger partial charge in [0.1, 0.15) is 5.60 Å². The van der Waals surface area contributed by atoms with Gasteiger partial charge in [-0.25, -0.2) is 4.79 Å². The van der Waals surface area contributed by atoms with Crippen molar-refractivity contribution in [2.45, 2.75) is 45.3 Å². The highest BCUT2D eigenvalue weighted by Gasteiger charge is 2.28. The molecule has 1 amide bonds. The Morgan fingerprint density at radius 1 is 1.25 bits per heavy atom. The lowest BCUT2D eigenvalue weighted by Gasteiger charge is -2.35. The van der Waals surface area contributed by atoms with Crippen molar-refractivity contribution in [3.8, 4) is 0 Å². The summed E-state index contributed by atoms with van der Waals surface area (Å²) in [4.78, 5) is 22.6. The number of nitrogens with two attached hydrogens (primary N) is 1. The number of hydrogen-bond donors (Lipinski definition) is 1. The fraction of sp³-hybridized carbons (Fsp3) is 0.875. The summed E-state index contributed by atoms with van der Waals surface area (Å²) in [7, 11) is 2.01. The van der Waals surface area contributed by atoms with Crippen LogP contribution in [0.4, 0.5) is 4.79 Å².